The van der Waals surface area contributed by atoms with Gasteiger partial charge in [-0.2, -0.15) is 10.4 Å². The third-order valence-corrected chi connectivity index (χ3v) is 9.31. The molecule has 0 aliphatic rings. The first-order valence-corrected chi connectivity index (χ1v) is 18.9. The second-order valence-electron chi connectivity index (χ2n) is 12.7. The number of nitriles is 1. The first-order valence-electron chi connectivity index (χ1n) is 15.9. The van der Waals surface area contributed by atoms with Gasteiger partial charge in [-0.25, -0.2) is 25.9 Å². The van der Waals surface area contributed by atoms with Crippen LogP contribution in [0.1, 0.15) is 62.7 Å². The summed E-state index contributed by atoms with van der Waals surface area (Å²) < 4.78 is 85.2. The minimum absolute atomic E-state index is 0. The van der Waals surface area contributed by atoms with E-state index in [4.69, 9.17) is 0 Å². The van der Waals surface area contributed by atoms with Crippen LogP contribution in [-0.2, 0) is 30.4 Å². The van der Waals surface area contributed by atoms with E-state index in [0.29, 0.717) is 12.2 Å². The Kier molecular flexibility index (Phi) is 16.9. The third kappa shape index (κ3) is 12.5. The van der Waals surface area contributed by atoms with Gasteiger partial charge in [-0.1, -0.05) is 32.9 Å². The van der Waals surface area contributed by atoms with Crippen molar-refractivity contribution in [3.63, 3.8) is 0 Å². The van der Waals surface area contributed by atoms with Crippen molar-refractivity contribution in [1.82, 2.24) is 9.78 Å². The summed E-state index contributed by atoms with van der Waals surface area (Å²) in [6.45, 7) is 9.16. The summed E-state index contributed by atoms with van der Waals surface area (Å²) in [6, 6.07) is 15.1. The number of halogens is 1. The van der Waals surface area contributed by atoms with Crippen molar-refractivity contribution in [2.75, 3.05) is 34.4 Å². The maximum atomic E-state index is 15.8. The summed E-state index contributed by atoms with van der Waals surface area (Å²) in [6.07, 6.45) is 0.0806. The molecule has 0 radical (unpaired) electrons. The SMILES string of the molecule is CCN(CCCS(=O)(=O)[O-])c1ccc(N=Nc2c(C#N)c(C(C)(C)C)nn2-c2ccc(NC(=O)c3ccccc3S(=O)(=O)[O-])cc2F)c(NC(C)=O)c1.[Na+].[Na+]. The molecule has 0 saturated heterocycles. The molecule has 55 heavy (non-hydrogen) atoms. The number of azo groups is 1. The summed E-state index contributed by atoms with van der Waals surface area (Å²) in [5.41, 5.74) is -0.240. The van der Waals surface area contributed by atoms with Gasteiger partial charge in [-0.3, -0.25) is 9.59 Å². The number of amides is 2. The molecule has 0 saturated carbocycles. The number of anilines is 3. The van der Waals surface area contributed by atoms with E-state index in [0.717, 1.165) is 22.9 Å². The predicted molar refractivity (Wildman–Crippen MR) is 191 cm³/mol. The van der Waals surface area contributed by atoms with Crippen molar-refractivity contribution in [3.05, 3.63) is 83.3 Å². The summed E-state index contributed by atoms with van der Waals surface area (Å²) in [7, 11) is -9.38. The van der Waals surface area contributed by atoms with Crippen LogP contribution < -0.4 is 74.6 Å². The van der Waals surface area contributed by atoms with Crippen molar-refractivity contribution in [2.24, 2.45) is 10.2 Å². The summed E-state index contributed by atoms with van der Waals surface area (Å²) >= 11 is 0. The number of benzene rings is 3. The first-order chi connectivity index (χ1) is 24.7. The van der Waals surface area contributed by atoms with Crippen molar-refractivity contribution < 1.29 is 99.0 Å². The van der Waals surface area contributed by atoms with Crippen LogP contribution in [0.5, 0.6) is 0 Å². The Balaban J connectivity index is 0.00000523. The number of rotatable bonds is 13. The number of hydrogen-bond acceptors (Lipinski definition) is 13. The second kappa shape index (κ2) is 19.5. The molecule has 0 aliphatic carbocycles. The zero-order valence-corrected chi connectivity index (χ0v) is 36.9. The fourth-order valence-corrected chi connectivity index (χ4v) is 6.38. The Labute approximate surface area is 362 Å². The van der Waals surface area contributed by atoms with Gasteiger partial charge in [-0.15, -0.1) is 10.2 Å². The molecule has 2 amide bonds. The number of carbonyl (C=O) groups is 2. The molecule has 0 aliphatic heterocycles. The van der Waals surface area contributed by atoms with E-state index in [2.05, 4.69) is 32.0 Å². The van der Waals surface area contributed by atoms with Gasteiger partial charge in [0.1, 0.15) is 33.1 Å². The Morgan fingerprint density at radius 2 is 1.67 bits per heavy atom. The van der Waals surface area contributed by atoms with Crippen LogP contribution in [0.4, 0.5) is 33.0 Å². The minimum atomic E-state index is -4.99. The van der Waals surface area contributed by atoms with E-state index in [1.54, 1.807) is 37.8 Å². The first kappa shape index (κ1) is 47.6. The molecule has 2 N–H and O–H groups in total. The standard InChI is InChI=1S/C34H37FN8O8S2.2Na/c1-6-42(16-9-17-52(46,47)48)23-13-14-27(28(19-23)37-21(2)44)39-40-32-25(20-36)31(34(3,4)5)41-43(32)29-15-12-22(18-26(29)35)38-33(45)24-10-7-8-11-30(24)53(49,50)51;;/h7-8,10-15,18-19H,6,9,16-17H2,1-5H3,(H,37,44)(H,38,45)(H,46,47,48)(H,49,50,51);;/q;2*+1/p-2. The van der Waals surface area contributed by atoms with Gasteiger partial charge in [0.25, 0.3) is 5.91 Å². The van der Waals surface area contributed by atoms with Crippen molar-refractivity contribution in [1.29, 1.82) is 5.26 Å². The zero-order valence-electron chi connectivity index (χ0n) is 31.2. The number of nitrogens with one attached hydrogen (secondary N) is 2. The minimum Gasteiger partial charge on any atom is -0.748 e. The van der Waals surface area contributed by atoms with Crippen LogP contribution in [0, 0.1) is 17.1 Å². The maximum absolute atomic E-state index is 15.8. The molecule has 0 spiro atoms. The van der Waals surface area contributed by atoms with Crippen LogP contribution >= 0.6 is 0 Å². The Morgan fingerprint density at radius 3 is 2.24 bits per heavy atom. The number of carbonyl (C=O) groups excluding carboxylic acids is 2. The van der Waals surface area contributed by atoms with Gasteiger partial charge in [-0.05, 0) is 61.9 Å². The van der Waals surface area contributed by atoms with Gasteiger partial charge in [0.15, 0.2) is 11.6 Å². The van der Waals surface area contributed by atoms with Gasteiger partial charge < -0.3 is 24.6 Å². The molecule has 1 aromatic heterocycles. The zero-order chi connectivity index (χ0) is 39.3. The van der Waals surface area contributed by atoms with Gasteiger partial charge in [0.05, 0.1) is 32.0 Å². The third-order valence-electron chi connectivity index (χ3n) is 7.63. The molecule has 0 fully saturated rings. The number of aromatic nitrogens is 2. The second-order valence-corrected chi connectivity index (χ2v) is 15.5. The molecular weight excluding hydrogens is 778 g/mol. The average Bonchev–Trinajstić information content (AvgIpc) is 3.44. The monoisotopic (exact) mass is 812 g/mol. The Hall–Kier alpha value is -3.55. The van der Waals surface area contributed by atoms with Gasteiger partial charge in [0, 0.05) is 42.6 Å². The molecule has 16 nitrogen and oxygen atoms in total. The molecule has 4 aromatic rings. The Bertz CT molecular complexity index is 2360. The average molecular weight is 813 g/mol. The summed E-state index contributed by atoms with van der Waals surface area (Å²) in [4.78, 5) is 26.1. The van der Waals surface area contributed by atoms with Gasteiger partial charge in [0.2, 0.25) is 5.91 Å². The van der Waals surface area contributed by atoms with Crippen molar-refractivity contribution in [3.8, 4) is 11.8 Å². The van der Waals surface area contributed by atoms with Crippen LogP contribution in [0.25, 0.3) is 5.69 Å². The van der Waals surface area contributed by atoms with Crippen molar-refractivity contribution >= 4 is 60.6 Å². The fourth-order valence-electron chi connectivity index (χ4n) is 5.23. The summed E-state index contributed by atoms with van der Waals surface area (Å²) in [5, 5.41) is 28.4. The summed E-state index contributed by atoms with van der Waals surface area (Å²) in [5.74, 6) is -3.04. The van der Waals surface area contributed by atoms with E-state index >= 15 is 4.39 Å². The van der Waals surface area contributed by atoms with E-state index in [1.165, 1.54) is 37.3 Å². The number of hydrogen-bond donors (Lipinski definition) is 2. The van der Waals surface area contributed by atoms with Gasteiger partial charge >= 0.3 is 59.1 Å². The molecule has 4 rings (SSSR count). The normalized spacial score (nSPS) is 11.6. The van der Waals surface area contributed by atoms with E-state index in [-0.39, 0.29) is 112 Å². The molecule has 0 bridgehead atoms. The molecule has 1 heterocycles. The molecule has 0 atom stereocenters. The molecule has 3 aromatic carbocycles. The Morgan fingerprint density at radius 1 is 1.00 bits per heavy atom. The largest absolute Gasteiger partial charge is 1.00 e. The molecule has 280 valence electrons. The van der Waals surface area contributed by atoms with Crippen LogP contribution in [0.15, 0.2) is 75.8 Å². The van der Waals surface area contributed by atoms with E-state index in [9.17, 15) is 40.8 Å². The topological polar surface area (TPSA) is 242 Å². The quantitative estimate of drug-likeness (QED) is 0.0989. The van der Waals surface area contributed by atoms with Crippen LogP contribution in [-0.4, -0.2) is 66.4 Å². The smallest absolute Gasteiger partial charge is 0.748 e. The molecule has 0 unspecified atom stereocenters. The van der Waals surface area contributed by atoms with Crippen LogP contribution in [0.3, 0.4) is 0 Å². The fraction of sp³-hybridized carbons (Fsp3) is 0.294. The van der Waals surface area contributed by atoms with E-state index in [1.807, 2.05) is 6.92 Å². The number of nitrogens with zero attached hydrogens (tertiary/aromatic N) is 6. The van der Waals surface area contributed by atoms with E-state index < -0.39 is 59.5 Å². The van der Waals surface area contributed by atoms with Crippen LogP contribution in [0.2, 0.25) is 0 Å². The van der Waals surface area contributed by atoms with Crippen molar-refractivity contribution in [2.45, 2.75) is 51.3 Å². The molecular formula is C34H35FN8Na2O8S2. The maximum Gasteiger partial charge on any atom is 1.00 e. The predicted octanol–water partition coefficient (Wildman–Crippen LogP) is -0.520. The molecule has 21 heteroatoms.